The lowest BCUT2D eigenvalue weighted by atomic mass is 9.97. The maximum atomic E-state index is 12.6. The number of ether oxygens (including phenoxy) is 1. The second-order valence-electron chi connectivity index (χ2n) is 8.69. The fraction of sp³-hybridized carbons (Fsp3) is 0.269. The highest BCUT2D eigenvalue weighted by molar-refractivity contribution is 7.17. The van der Waals surface area contributed by atoms with E-state index < -0.39 is 5.60 Å². The summed E-state index contributed by atoms with van der Waals surface area (Å²) >= 11 is 1.45. The Morgan fingerprint density at radius 3 is 2.42 bits per heavy atom. The van der Waals surface area contributed by atoms with Gasteiger partial charge < -0.3 is 14.4 Å². The van der Waals surface area contributed by atoms with Crippen LogP contribution >= 0.6 is 11.3 Å². The second-order valence-corrected chi connectivity index (χ2v) is 9.61. The second kappa shape index (κ2) is 7.08. The van der Waals surface area contributed by atoms with E-state index in [4.69, 9.17) is 4.74 Å². The van der Waals surface area contributed by atoms with Gasteiger partial charge in [-0.15, -0.1) is 11.3 Å². The number of pyridine rings is 1. The van der Waals surface area contributed by atoms with Crippen LogP contribution in [0.25, 0.3) is 21.2 Å². The van der Waals surface area contributed by atoms with Gasteiger partial charge in [0, 0.05) is 29.8 Å². The van der Waals surface area contributed by atoms with Crippen molar-refractivity contribution in [3.8, 4) is 22.6 Å². The van der Waals surface area contributed by atoms with Crippen molar-refractivity contribution in [2.24, 2.45) is 7.05 Å². The number of benzene rings is 2. The van der Waals surface area contributed by atoms with E-state index in [0.29, 0.717) is 5.75 Å². The number of nitrogens with zero attached hydrogens (tertiary/aromatic N) is 1. The third-order valence-electron chi connectivity index (χ3n) is 6.14. The maximum absolute atomic E-state index is 12.6. The van der Waals surface area contributed by atoms with E-state index in [2.05, 4.69) is 32.9 Å². The molecule has 0 radical (unpaired) electrons. The lowest BCUT2D eigenvalue weighted by Crippen LogP contribution is -2.15. The Morgan fingerprint density at radius 2 is 1.74 bits per heavy atom. The van der Waals surface area contributed by atoms with Gasteiger partial charge in [-0.05, 0) is 73.9 Å². The summed E-state index contributed by atoms with van der Waals surface area (Å²) in [5.74, 6) is 1.56. The number of aromatic nitrogens is 1. The van der Waals surface area contributed by atoms with E-state index in [-0.39, 0.29) is 5.56 Å². The molecule has 0 spiro atoms. The summed E-state index contributed by atoms with van der Waals surface area (Å²) in [7, 11) is 1.78. The first kappa shape index (κ1) is 20.0. The highest BCUT2D eigenvalue weighted by atomic mass is 32.1. The van der Waals surface area contributed by atoms with Crippen LogP contribution in [0.5, 0.6) is 11.5 Å². The standard InChI is InChI=1S/C26H25NO3S/c1-15-11-16(2)23(17(3)12-15)30-22-6-5-18(26(29)8-9-26)13-20(22)21-14-27(4)25(28)24-19(21)7-10-31-24/h5-7,10-14,29H,8-9H2,1-4H3. The van der Waals surface area contributed by atoms with Gasteiger partial charge in [0.2, 0.25) is 0 Å². The molecule has 0 amide bonds. The molecule has 1 aliphatic carbocycles. The summed E-state index contributed by atoms with van der Waals surface area (Å²) in [5, 5.41) is 13.6. The highest BCUT2D eigenvalue weighted by Gasteiger charge is 2.42. The number of aliphatic hydroxyl groups is 1. The molecule has 31 heavy (non-hydrogen) atoms. The fourth-order valence-corrected chi connectivity index (χ4v) is 5.24. The van der Waals surface area contributed by atoms with Crippen molar-refractivity contribution in [1.82, 2.24) is 4.57 Å². The zero-order valence-electron chi connectivity index (χ0n) is 18.2. The van der Waals surface area contributed by atoms with Crippen molar-refractivity contribution in [2.75, 3.05) is 0 Å². The minimum atomic E-state index is -0.753. The summed E-state index contributed by atoms with van der Waals surface area (Å²) in [6, 6.07) is 12.2. The average Bonchev–Trinajstić information content (AvgIpc) is 3.28. The third kappa shape index (κ3) is 3.38. The lowest BCUT2D eigenvalue weighted by Gasteiger charge is -2.19. The summed E-state index contributed by atoms with van der Waals surface area (Å²) < 4.78 is 8.85. The molecule has 0 bridgehead atoms. The van der Waals surface area contributed by atoms with Gasteiger partial charge in [0.25, 0.3) is 5.56 Å². The van der Waals surface area contributed by atoms with Crippen LogP contribution in [0.15, 0.2) is 52.8 Å². The van der Waals surface area contributed by atoms with Crippen molar-refractivity contribution in [3.63, 3.8) is 0 Å². The Hall–Kier alpha value is -2.89. The summed E-state index contributed by atoms with van der Waals surface area (Å²) in [6.45, 7) is 6.19. The number of aryl methyl sites for hydroxylation is 4. The molecule has 158 valence electrons. The van der Waals surface area contributed by atoms with Crippen molar-refractivity contribution >= 4 is 21.4 Å². The molecule has 0 unspecified atom stereocenters. The third-order valence-corrected chi connectivity index (χ3v) is 7.04. The molecule has 1 fully saturated rings. The van der Waals surface area contributed by atoms with E-state index >= 15 is 0 Å². The SMILES string of the molecule is Cc1cc(C)c(Oc2ccc(C3(O)CC3)cc2-c2cn(C)c(=O)c3sccc23)c(C)c1. The molecule has 2 heterocycles. The number of hydrogen-bond acceptors (Lipinski definition) is 4. The predicted octanol–water partition coefficient (Wildman–Crippen LogP) is 5.97. The molecule has 1 saturated carbocycles. The highest BCUT2D eigenvalue weighted by Crippen LogP contribution is 2.48. The normalized spacial score (nSPS) is 14.7. The Kier molecular flexibility index (Phi) is 4.57. The van der Waals surface area contributed by atoms with E-state index in [9.17, 15) is 9.90 Å². The molecular formula is C26H25NO3S. The zero-order valence-corrected chi connectivity index (χ0v) is 19.0. The molecule has 1 aliphatic rings. The number of fused-ring (bicyclic) bond motifs is 1. The number of thiophene rings is 1. The van der Waals surface area contributed by atoms with Gasteiger partial charge in [-0.1, -0.05) is 23.8 Å². The van der Waals surface area contributed by atoms with Crippen LogP contribution in [0.1, 0.15) is 35.1 Å². The lowest BCUT2D eigenvalue weighted by molar-refractivity contribution is 0.151. The molecule has 5 heteroatoms. The Bertz CT molecular complexity index is 1370. The van der Waals surface area contributed by atoms with E-state index in [1.165, 1.54) is 16.9 Å². The van der Waals surface area contributed by atoms with Gasteiger partial charge in [0.05, 0.1) is 5.60 Å². The Labute approximate surface area is 185 Å². The summed E-state index contributed by atoms with van der Waals surface area (Å²) in [6.07, 6.45) is 3.41. The van der Waals surface area contributed by atoms with Gasteiger partial charge in [-0.25, -0.2) is 0 Å². The van der Waals surface area contributed by atoms with Crippen LogP contribution < -0.4 is 10.3 Å². The van der Waals surface area contributed by atoms with Crippen molar-refractivity contribution in [1.29, 1.82) is 0 Å². The molecule has 0 saturated heterocycles. The fourth-order valence-electron chi connectivity index (χ4n) is 4.35. The monoisotopic (exact) mass is 431 g/mol. The molecule has 1 N–H and O–H groups in total. The molecule has 2 aromatic carbocycles. The van der Waals surface area contributed by atoms with Crippen molar-refractivity contribution < 1.29 is 9.84 Å². The Balaban J connectivity index is 1.74. The first-order valence-electron chi connectivity index (χ1n) is 10.5. The van der Waals surface area contributed by atoms with Crippen LogP contribution in [0.2, 0.25) is 0 Å². The molecule has 2 aromatic heterocycles. The van der Waals surface area contributed by atoms with Crippen LogP contribution in [0.3, 0.4) is 0 Å². The van der Waals surface area contributed by atoms with E-state index in [0.717, 1.165) is 56.5 Å². The van der Waals surface area contributed by atoms with Gasteiger partial charge in [0.15, 0.2) is 0 Å². The predicted molar refractivity (Wildman–Crippen MR) is 126 cm³/mol. The van der Waals surface area contributed by atoms with Crippen LogP contribution in [0, 0.1) is 20.8 Å². The van der Waals surface area contributed by atoms with Gasteiger partial charge in [0.1, 0.15) is 16.2 Å². The number of rotatable bonds is 4. The maximum Gasteiger partial charge on any atom is 0.268 e. The molecule has 4 nitrogen and oxygen atoms in total. The van der Waals surface area contributed by atoms with Crippen molar-refractivity contribution in [2.45, 2.75) is 39.2 Å². The van der Waals surface area contributed by atoms with Gasteiger partial charge in [-0.3, -0.25) is 4.79 Å². The molecule has 0 atom stereocenters. The van der Waals surface area contributed by atoms with Crippen LogP contribution in [0.4, 0.5) is 0 Å². The van der Waals surface area contributed by atoms with E-state index in [1.54, 1.807) is 11.6 Å². The minimum Gasteiger partial charge on any atom is -0.456 e. The molecule has 4 aromatic rings. The van der Waals surface area contributed by atoms with Crippen molar-refractivity contribution in [3.05, 3.63) is 80.6 Å². The van der Waals surface area contributed by atoms with E-state index in [1.807, 2.05) is 35.8 Å². The van der Waals surface area contributed by atoms with Crippen LogP contribution in [-0.4, -0.2) is 9.67 Å². The molecular weight excluding hydrogens is 406 g/mol. The summed E-state index contributed by atoms with van der Waals surface area (Å²) in [4.78, 5) is 12.6. The minimum absolute atomic E-state index is 0.00146. The molecule has 0 aliphatic heterocycles. The first-order chi connectivity index (χ1) is 14.8. The summed E-state index contributed by atoms with van der Waals surface area (Å²) in [5.41, 5.74) is 5.31. The average molecular weight is 432 g/mol. The van der Waals surface area contributed by atoms with Gasteiger partial charge in [-0.2, -0.15) is 0 Å². The number of hydrogen-bond donors (Lipinski definition) is 1. The largest absolute Gasteiger partial charge is 0.456 e. The van der Waals surface area contributed by atoms with Gasteiger partial charge >= 0.3 is 0 Å². The zero-order chi connectivity index (χ0) is 21.9. The quantitative estimate of drug-likeness (QED) is 0.433. The van der Waals surface area contributed by atoms with Crippen LogP contribution in [-0.2, 0) is 12.6 Å². The Morgan fingerprint density at radius 1 is 1.03 bits per heavy atom. The first-order valence-corrected chi connectivity index (χ1v) is 11.3. The topological polar surface area (TPSA) is 51.5 Å². The smallest absolute Gasteiger partial charge is 0.268 e. The molecule has 5 rings (SSSR count).